The summed E-state index contributed by atoms with van der Waals surface area (Å²) < 4.78 is 26.3. The van der Waals surface area contributed by atoms with E-state index in [4.69, 9.17) is 9.47 Å². The van der Waals surface area contributed by atoms with Crippen LogP contribution in [-0.4, -0.2) is 28.2 Å². The molecule has 0 saturated heterocycles. The van der Waals surface area contributed by atoms with E-state index in [1.807, 2.05) is 12.1 Å². The molecule has 3 aromatic rings. The van der Waals surface area contributed by atoms with Gasteiger partial charge in [-0.25, -0.2) is 9.07 Å². The number of ether oxygens (including phenoxy) is 2. The molecule has 0 radical (unpaired) electrons. The van der Waals surface area contributed by atoms with Gasteiger partial charge < -0.3 is 9.47 Å². The highest BCUT2D eigenvalue weighted by atomic mass is 19.1. The van der Waals surface area contributed by atoms with Gasteiger partial charge in [0.05, 0.1) is 13.3 Å². The molecule has 0 aliphatic heterocycles. The van der Waals surface area contributed by atoms with Gasteiger partial charge in [-0.15, -0.1) is 10.2 Å². The number of rotatable bonds is 6. The zero-order valence-corrected chi connectivity index (χ0v) is 13.0. The van der Waals surface area contributed by atoms with Crippen LogP contribution in [0.25, 0.3) is 0 Å². The number of nitrogens with zero attached hydrogens (tertiary/aromatic N) is 4. The summed E-state index contributed by atoms with van der Waals surface area (Å²) >= 11 is 0. The Labute approximate surface area is 138 Å². The van der Waals surface area contributed by atoms with Crippen molar-refractivity contribution in [2.45, 2.75) is 6.61 Å². The molecular formula is C17H15FN4O2. The predicted molar refractivity (Wildman–Crippen MR) is 86.7 cm³/mol. The van der Waals surface area contributed by atoms with Gasteiger partial charge in [-0.05, 0) is 18.2 Å². The van der Waals surface area contributed by atoms with Crippen LogP contribution in [0.15, 0.2) is 60.2 Å². The van der Waals surface area contributed by atoms with E-state index in [1.165, 1.54) is 23.4 Å². The largest absolute Gasteiger partial charge is 0.493 e. The van der Waals surface area contributed by atoms with E-state index in [-0.39, 0.29) is 12.4 Å². The molecule has 0 aliphatic carbocycles. The first-order valence-electron chi connectivity index (χ1n) is 7.20. The fraction of sp³-hybridized carbons (Fsp3) is 0.118. The van der Waals surface area contributed by atoms with Gasteiger partial charge in [-0.3, -0.25) is 0 Å². The van der Waals surface area contributed by atoms with Gasteiger partial charge in [-0.1, -0.05) is 24.3 Å². The molecule has 0 unspecified atom stereocenters. The summed E-state index contributed by atoms with van der Waals surface area (Å²) in [5.41, 5.74) is 1.16. The number of benzene rings is 2. The number of aromatic nitrogens is 3. The van der Waals surface area contributed by atoms with Gasteiger partial charge in [0.25, 0.3) is 0 Å². The molecule has 122 valence electrons. The average molecular weight is 326 g/mol. The van der Waals surface area contributed by atoms with Gasteiger partial charge >= 0.3 is 0 Å². The van der Waals surface area contributed by atoms with E-state index in [2.05, 4.69) is 15.3 Å². The van der Waals surface area contributed by atoms with Crippen molar-refractivity contribution in [1.82, 2.24) is 14.9 Å². The molecule has 7 heteroatoms. The Bertz CT molecular complexity index is 834. The first-order valence-corrected chi connectivity index (χ1v) is 7.20. The smallest absolute Gasteiger partial charge is 0.170 e. The van der Waals surface area contributed by atoms with E-state index >= 15 is 0 Å². The number of methoxy groups -OCH3 is 1. The highest BCUT2D eigenvalue weighted by molar-refractivity contribution is 5.85. The lowest BCUT2D eigenvalue weighted by molar-refractivity contribution is 0.279. The third kappa shape index (κ3) is 3.57. The van der Waals surface area contributed by atoms with Crippen LogP contribution < -0.4 is 9.47 Å². The second-order valence-electron chi connectivity index (χ2n) is 4.85. The van der Waals surface area contributed by atoms with Gasteiger partial charge in [-0.2, -0.15) is 5.10 Å². The first kappa shape index (κ1) is 15.7. The zero-order chi connectivity index (χ0) is 16.8. The van der Waals surface area contributed by atoms with Crippen LogP contribution in [0, 0.1) is 5.82 Å². The van der Waals surface area contributed by atoms with Crippen molar-refractivity contribution in [2.75, 3.05) is 7.11 Å². The molecule has 1 heterocycles. The standard InChI is InChI=1S/C17H15FN4O2/c1-23-16-8-4-6-13(9-21-22-11-19-20-12-22)17(16)24-10-14-5-2-3-7-15(14)18/h2-9,11-12H,10H2,1H3/b21-9+. The first-order chi connectivity index (χ1) is 11.8. The SMILES string of the molecule is COc1cccc(/C=N/n2cnnc2)c1OCc1ccccc1F. The molecule has 24 heavy (non-hydrogen) atoms. The Morgan fingerprint density at radius 1 is 1.12 bits per heavy atom. The molecule has 0 bridgehead atoms. The lowest BCUT2D eigenvalue weighted by atomic mass is 10.2. The maximum atomic E-state index is 13.8. The third-order valence-electron chi connectivity index (χ3n) is 3.30. The van der Waals surface area contributed by atoms with Crippen LogP contribution in [0.1, 0.15) is 11.1 Å². The molecule has 0 fully saturated rings. The Hall–Kier alpha value is -3.22. The summed E-state index contributed by atoms with van der Waals surface area (Å²) in [5.74, 6) is 0.714. The molecule has 0 saturated carbocycles. The van der Waals surface area contributed by atoms with E-state index < -0.39 is 0 Å². The molecule has 6 nitrogen and oxygen atoms in total. The van der Waals surface area contributed by atoms with Crippen molar-refractivity contribution in [2.24, 2.45) is 5.10 Å². The summed E-state index contributed by atoms with van der Waals surface area (Å²) in [6, 6.07) is 11.9. The Morgan fingerprint density at radius 2 is 1.92 bits per heavy atom. The summed E-state index contributed by atoms with van der Waals surface area (Å²) in [6.07, 6.45) is 4.54. The fourth-order valence-electron chi connectivity index (χ4n) is 2.10. The molecule has 0 spiro atoms. The van der Waals surface area contributed by atoms with Crippen molar-refractivity contribution >= 4 is 6.21 Å². The van der Waals surface area contributed by atoms with Crippen LogP contribution in [-0.2, 0) is 6.61 Å². The van der Waals surface area contributed by atoms with Gasteiger partial charge in [0.2, 0.25) is 0 Å². The minimum Gasteiger partial charge on any atom is -0.493 e. The second-order valence-corrected chi connectivity index (χ2v) is 4.85. The lowest BCUT2D eigenvalue weighted by Gasteiger charge is -2.13. The topological polar surface area (TPSA) is 61.5 Å². The Balaban J connectivity index is 1.86. The molecule has 0 amide bonds. The molecule has 0 atom stereocenters. The van der Waals surface area contributed by atoms with Crippen LogP contribution in [0.2, 0.25) is 0 Å². The molecule has 2 aromatic carbocycles. The second kappa shape index (κ2) is 7.36. The van der Waals surface area contributed by atoms with E-state index in [0.29, 0.717) is 22.6 Å². The maximum Gasteiger partial charge on any atom is 0.170 e. The Kier molecular flexibility index (Phi) is 4.81. The highest BCUT2D eigenvalue weighted by Gasteiger charge is 2.11. The van der Waals surface area contributed by atoms with Crippen molar-refractivity contribution < 1.29 is 13.9 Å². The summed E-state index contributed by atoms with van der Waals surface area (Å²) in [6.45, 7) is 0.0838. The van der Waals surface area contributed by atoms with E-state index in [9.17, 15) is 4.39 Å². The van der Waals surface area contributed by atoms with E-state index in [1.54, 1.807) is 37.6 Å². The van der Waals surface area contributed by atoms with E-state index in [0.717, 1.165) is 0 Å². The normalized spacial score (nSPS) is 10.9. The highest BCUT2D eigenvalue weighted by Crippen LogP contribution is 2.31. The van der Waals surface area contributed by atoms with Gasteiger partial charge in [0.15, 0.2) is 11.5 Å². The van der Waals surface area contributed by atoms with Gasteiger partial charge in [0, 0.05) is 11.1 Å². The van der Waals surface area contributed by atoms with Crippen molar-refractivity contribution in [1.29, 1.82) is 0 Å². The molecule has 0 N–H and O–H groups in total. The molecule has 0 aliphatic rings. The third-order valence-corrected chi connectivity index (χ3v) is 3.30. The van der Waals surface area contributed by atoms with Gasteiger partial charge in [0.1, 0.15) is 25.1 Å². The quantitative estimate of drug-likeness (QED) is 0.654. The monoisotopic (exact) mass is 326 g/mol. The fourth-order valence-corrected chi connectivity index (χ4v) is 2.10. The summed E-state index contributed by atoms with van der Waals surface area (Å²) in [4.78, 5) is 0. The number of para-hydroxylation sites is 1. The number of hydrogen-bond acceptors (Lipinski definition) is 5. The van der Waals surface area contributed by atoms with Crippen LogP contribution in [0.5, 0.6) is 11.5 Å². The minimum atomic E-state index is -0.313. The number of hydrogen-bond donors (Lipinski definition) is 0. The lowest BCUT2D eigenvalue weighted by Crippen LogP contribution is -2.02. The van der Waals surface area contributed by atoms with Crippen LogP contribution in [0.3, 0.4) is 0 Å². The average Bonchev–Trinajstić information content (AvgIpc) is 3.13. The van der Waals surface area contributed by atoms with Crippen LogP contribution in [0.4, 0.5) is 4.39 Å². The summed E-state index contributed by atoms with van der Waals surface area (Å²) in [7, 11) is 1.55. The molecule has 1 aromatic heterocycles. The Morgan fingerprint density at radius 3 is 2.67 bits per heavy atom. The summed E-state index contributed by atoms with van der Waals surface area (Å²) in [5, 5.41) is 11.6. The molecular weight excluding hydrogens is 311 g/mol. The van der Waals surface area contributed by atoms with Crippen molar-refractivity contribution in [3.63, 3.8) is 0 Å². The van der Waals surface area contributed by atoms with Crippen LogP contribution >= 0.6 is 0 Å². The van der Waals surface area contributed by atoms with Crippen molar-refractivity contribution in [3.8, 4) is 11.5 Å². The predicted octanol–water partition coefficient (Wildman–Crippen LogP) is 2.89. The zero-order valence-electron chi connectivity index (χ0n) is 13.0. The molecule has 3 rings (SSSR count). The van der Waals surface area contributed by atoms with Crippen molar-refractivity contribution in [3.05, 3.63) is 72.1 Å². The number of halogens is 1. The maximum absolute atomic E-state index is 13.8. The minimum absolute atomic E-state index is 0.0838.